The molecule has 2 aromatic heterocycles. The summed E-state index contributed by atoms with van der Waals surface area (Å²) in [5.74, 6) is -0.401. The Hall–Kier alpha value is -3.92. The summed E-state index contributed by atoms with van der Waals surface area (Å²) in [6, 6.07) is 30.6. The van der Waals surface area contributed by atoms with Crippen LogP contribution < -0.4 is 0 Å². The van der Waals surface area contributed by atoms with Gasteiger partial charge in [-0.05, 0) is 24.6 Å². The Morgan fingerprint density at radius 2 is 1.55 bits per heavy atom. The average molecular weight is 406 g/mol. The van der Waals surface area contributed by atoms with Crippen LogP contribution in [-0.4, -0.2) is 22.1 Å². The Morgan fingerprint density at radius 3 is 2.29 bits per heavy atom. The molecule has 0 saturated carbocycles. The van der Waals surface area contributed by atoms with Gasteiger partial charge in [0.15, 0.2) is 0 Å². The fourth-order valence-corrected chi connectivity index (χ4v) is 4.11. The monoisotopic (exact) mass is 406 g/mol. The summed E-state index contributed by atoms with van der Waals surface area (Å²) in [4.78, 5) is 17.4. The number of ether oxygens (including phenoxy) is 1. The molecule has 0 fully saturated rings. The van der Waals surface area contributed by atoms with E-state index in [0.717, 1.165) is 33.1 Å². The number of aromatic nitrogens is 2. The van der Waals surface area contributed by atoms with E-state index < -0.39 is 5.97 Å². The summed E-state index contributed by atoms with van der Waals surface area (Å²) in [5, 5.41) is 2.10. The molecule has 0 aliphatic heterocycles. The van der Waals surface area contributed by atoms with E-state index in [9.17, 15) is 4.79 Å². The second kappa shape index (κ2) is 8.07. The largest absolute Gasteiger partial charge is 0.461 e. The second-order valence-electron chi connectivity index (χ2n) is 7.43. The van der Waals surface area contributed by atoms with Gasteiger partial charge >= 0.3 is 5.97 Å². The third-order valence-corrected chi connectivity index (χ3v) is 5.46. The lowest BCUT2D eigenvalue weighted by Gasteiger charge is -2.12. The minimum absolute atomic E-state index is 0.314. The molecule has 0 radical (unpaired) electrons. The Morgan fingerprint density at radius 1 is 0.871 bits per heavy atom. The second-order valence-corrected chi connectivity index (χ2v) is 7.43. The first-order valence-electron chi connectivity index (χ1n) is 10.4. The van der Waals surface area contributed by atoms with Crippen LogP contribution in [0.5, 0.6) is 0 Å². The van der Waals surface area contributed by atoms with Gasteiger partial charge in [0.2, 0.25) is 0 Å². The van der Waals surface area contributed by atoms with Crippen molar-refractivity contribution in [2.24, 2.45) is 0 Å². The molecule has 0 N–H and O–H groups in total. The molecule has 5 aromatic rings. The molecule has 4 heteroatoms. The number of nitrogens with zero attached hydrogens (tertiary/aromatic N) is 2. The number of carbonyl (C=O) groups excluding carboxylic acids is 1. The number of carbonyl (C=O) groups is 1. The van der Waals surface area contributed by atoms with Crippen LogP contribution in [0, 0.1) is 0 Å². The minimum Gasteiger partial charge on any atom is -0.461 e. The van der Waals surface area contributed by atoms with Crippen LogP contribution in [0.1, 0.15) is 23.0 Å². The molecule has 3 aromatic carbocycles. The maximum Gasteiger partial charge on any atom is 0.356 e. The lowest BCUT2D eigenvalue weighted by atomic mass is 10.1. The fourth-order valence-electron chi connectivity index (χ4n) is 4.11. The van der Waals surface area contributed by atoms with Crippen LogP contribution in [0.4, 0.5) is 0 Å². The number of pyridine rings is 1. The standard InChI is InChI=1S/C27H22N2O2/c1-2-31-27(30)23-17-22-21-15-9-10-16-24(21)29(18-19-11-5-3-6-12-19)26(22)25(28-23)20-13-7-4-8-14-20/h3-17H,2,18H2,1H3. The number of hydrogen-bond donors (Lipinski definition) is 0. The van der Waals surface area contributed by atoms with Gasteiger partial charge in [0.1, 0.15) is 5.69 Å². The van der Waals surface area contributed by atoms with Crippen molar-refractivity contribution >= 4 is 27.8 Å². The van der Waals surface area contributed by atoms with Crippen molar-refractivity contribution in [3.63, 3.8) is 0 Å². The first-order chi connectivity index (χ1) is 15.3. The van der Waals surface area contributed by atoms with Gasteiger partial charge in [-0.1, -0.05) is 78.9 Å². The van der Waals surface area contributed by atoms with Gasteiger partial charge < -0.3 is 9.30 Å². The van der Waals surface area contributed by atoms with E-state index in [4.69, 9.17) is 9.72 Å². The summed E-state index contributed by atoms with van der Waals surface area (Å²) in [6.07, 6.45) is 0. The highest BCUT2D eigenvalue weighted by Crippen LogP contribution is 2.36. The van der Waals surface area contributed by atoms with Crippen LogP contribution >= 0.6 is 0 Å². The number of fused-ring (bicyclic) bond motifs is 3. The molecule has 0 aliphatic rings. The highest BCUT2D eigenvalue weighted by atomic mass is 16.5. The van der Waals surface area contributed by atoms with Gasteiger partial charge in [0.05, 0.1) is 17.8 Å². The van der Waals surface area contributed by atoms with Crippen molar-refractivity contribution in [1.29, 1.82) is 0 Å². The number of rotatable bonds is 5. The number of benzene rings is 3. The molecule has 0 amide bonds. The van der Waals surface area contributed by atoms with Crippen molar-refractivity contribution in [2.75, 3.05) is 6.61 Å². The van der Waals surface area contributed by atoms with Crippen LogP contribution in [0.25, 0.3) is 33.1 Å². The summed E-state index contributed by atoms with van der Waals surface area (Å²) in [6.45, 7) is 2.83. The van der Waals surface area contributed by atoms with E-state index in [1.807, 2.05) is 54.6 Å². The predicted octanol–water partition coefficient (Wildman–Crippen LogP) is 6.08. The lowest BCUT2D eigenvalue weighted by Crippen LogP contribution is -2.09. The van der Waals surface area contributed by atoms with Crippen LogP contribution in [0.15, 0.2) is 91.0 Å². The molecule has 2 heterocycles. The molecule has 0 unspecified atom stereocenters. The van der Waals surface area contributed by atoms with Crippen molar-refractivity contribution < 1.29 is 9.53 Å². The molecule has 0 atom stereocenters. The van der Waals surface area contributed by atoms with Gasteiger partial charge in [0, 0.05) is 28.4 Å². The molecule has 0 saturated heterocycles. The average Bonchev–Trinajstić information content (AvgIpc) is 3.13. The lowest BCUT2D eigenvalue weighted by molar-refractivity contribution is 0.0520. The first-order valence-corrected chi connectivity index (χ1v) is 10.4. The van der Waals surface area contributed by atoms with Gasteiger partial charge in [0.25, 0.3) is 0 Å². The van der Waals surface area contributed by atoms with Gasteiger partial charge in [-0.25, -0.2) is 9.78 Å². The van der Waals surface area contributed by atoms with Crippen molar-refractivity contribution in [3.8, 4) is 11.3 Å². The maximum absolute atomic E-state index is 12.6. The maximum atomic E-state index is 12.6. The quantitative estimate of drug-likeness (QED) is 0.332. The van der Waals surface area contributed by atoms with E-state index in [0.29, 0.717) is 18.8 Å². The number of hydrogen-bond acceptors (Lipinski definition) is 3. The smallest absolute Gasteiger partial charge is 0.356 e. The number of para-hydroxylation sites is 1. The highest BCUT2D eigenvalue weighted by Gasteiger charge is 2.20. The van der Waals surface area contributed by atoms with E-state index in [1.54, 1.807) is 6.92 Å². The molecule has 4 nitrogen and oxygen atoms in total. The minimum atomic E-state index is -0.401. The van der Waals surface area contributed by atoms with E-state index >= 15 is 0 Å². The van der Waals surface area contributed by atoms with Crippen LogP contribution in [0.3, 0.4) is 0 Å². The first kappa shape index (κ1) is 19.1. The van der Waals surface area contributed by atoms with Crippen LogP contribution in [-0.2, 0) is 11.3 Å². The van der Waals surface area contributed by atoms with E-state index in [1.165, 1.54) is 5.56 Å². The third kappa shape index (κ3) is 3.46. The molecule has 0 spiro atoms. The SMILES string of the molecule is CCOC(=O)c1cc2c3ccccc3n(Cc3ccccc3)c2c(-c2ccccc2)n1. The summed E-state index contributed by atoms with van der Waals surface area (Å²) < 4.78 is 7.57. The summed E-state index contributed by atoms with van der Waals surface area (Å²) >= 11 is 0. The predicted molar refractivity (Wildman–Crippen MR) is 124 cm³/mol. The van der Waals surface area contributed by atoms with Gasteiger partial charge in [-0.15, -0.1) is 0 Å². The van der Waals surface area contributed by atoms with Gasteiger partial charge in [-0.3, -0.25) is 0 Å². The Kier molecular flexibility index (Phi) is 4.97. The molecule has 0 aliphatic carbocycles. The Labute approximate surface area is 180 Å². The highest BCUT2D eigenvalue weighted by molar-refractivity contribution is 6.13. The molecule has 5 rings (SSSR count). The normalized spacial score (nSPS) is 11.1. The molecule has 152 valence electrons. The zero-order valence-electron chi connectivity index (χ0n) is 17.3. The van der Waals surface area contributed by atoms with E-state index in [-0.39, 0.29) is 0 Å². The van der Waals surface area contributed by atoms with Crippen molar-refractivity contribution in [1.82, 2.24) is 9.55 Å². The zero-order chi connectivity index (χ0) is 21.2. The topological polar surface area (TPSA) is 44.1 Å². The number of esters is 1. The zero-order valence-corrected chi connectivity index (χ0v) is 17.3. The van der Waals surface area contributed by atoms with E-state index in [2.05, 4.69) is 41.0 Å². The van der Waals surface area contributed by atoms with Gasteiger partial charge in [-0.2, -0.15) is 0 Å². The molecule has 31 heavy (non-hydrogen) atoms. The summed E-state index contributed by atoms with van der Waals surface area (Å²) in [5.41, 5.74) is 5.42. The molecular weight excluding hydrogens is 384 g/mol. The third-order valence-electron chi connectivity index (χ3n) is 5.46. The van der Waals surface area contributed by atoms with Crippen molar-refractivity contribution in [3.05, 3.63) is 102 Å². The Bertz CT molecular complexity index is 1370. The van der Waals surface area contributed by atoms with Crippen molar-refractivity contribution in [2.45, 2.75) is 13.5 Å². The molecule has 0 bridgehead atoms. The fraction of sp³-hybridized carbons (Fsp3) is 0.111. The summed E-state index contributed by atoms with van der Waals surface area (Å²) in [7, 11) is 0. The Balaban J connectivity index is 1.86. The van der Waals surface area contributed by atoms with Crippen LogP contribution in [0.2, 0.25) is 0 Å². The molecular formula is C27H22N2O2.